The zero-order valence-corrected chi connectivity index (χ0v) is 23.9. The summed E-state index contributed by atoms with van der Waals surface area (Å²) in [5.74, 6) is -0.442. The predicted octanol–water partition coefficient (Wildman–Crippen LogP) is 7.07. The molecule has 5 aromatic carbocycles. The second-order valence-corrected chi connectivity index (χ2v) is 11.8. The molecule has 0 saturated heterocycles. The third kappa shape index (κ3) is 3.16. The van der Waals surface area contributed by atoms with Gasteiger partial charge in [-0.2, -0.15) is 0 Å². The molecule has 0 unspecified atom stereocenters. The van der Waals surface area contributed by atoms with Gasteiger partial charge in [-0.1, -0.05) is 78.9 Å². The molecule has 43 heavy (non-hydrogen) atoms. The molecule has 9 rings (SSSR count). The van der Waals surface area contributed by atoms with Gasteiger partial charge < -0.3 is 20.1 Å². The maximum atomic E-state index is 15.0. The highest BCUT2D eigenvalue weighted by Gasteiger charge is 2.80. The van der Waals surface area contributed by atoms with E-state index in [0.717, 1.165) is 50.2 Å². The van der Waals surface area contributed by atoms with Crippen molar-refractivity contribution in [3.05, 3.63) is 137 Å². The monoisotopic (exact) mass is 570 g/mol. The number of amides is 1. The van der Waals surface area contributed by atoms with Gasteiger partial charge in [-0.3, -0.25) is 4.79 Å². The lowest BCUT2D eigenvalue weighted by atomic mass is 9.62. The number of rotatable bonds is 1. The lowest BCUT2D eigenvalue weighted by Gasteiger charge is -2.37. The smallest absolute Gasteiger partial charge is 0.238 e. The van der Waals surface area contributed by atoms with Gasteiger partial charge in [0.2, 0.25) is 5.91 Å². The Morgan fingerprint density at radius 3 is 2.44 bits per heavy atom. The van der Waals surface area contributed by atoms with E-state index in [1.165, 1.54) is 6.07 Å². The number of nitrogens with one attached hydrogen (secondary N) is 1. The number of aliphatic hydroxyl groups is 1. The number of benzene rings is 5. The Kier molecular flexibility index (Phi) is 5.53. The zero-order chi connectivity index (χ0) is 29.5. The number of aliphatic hydroxyl groups excluding tert-OH is 1. The highest BCUT2D eigenvalue weighted by molar-refractivity contribution is 6.11. The summed E-state index contributed by atoms with van der Waals surface area (Å²) in [6, 6.07) is 35.8. The number of para-hydroxylation sites is 1. The molecule has 5 aromatic rings. The summed E-state index contributed by atoms with van der Waals surface area (Å²) in [6.45, 7) is 1.93. The highest BCUT2D eigenvalue weighted by Crippen LogP contribution is 2.77. The van der Waals surface area contributed by atoms with Crippen LogP contribution in [0, 0.1) is 5.82 Å². The molecule has 2 N–H and O–H groups in total. The van der Waals surface area contributed by atoms with E-state index in [0.29, 0.717) is 0 Å². The molecule has 0 bridgehead atoms. The molecule has 0 radical (unpaired) electrons. The van der Waals surface area contributed by atoms with Crippen molar-refractivity contribution in [2.75, 3.05) is 23.9 Å². The van der Waals surface area contributed by atoms with E-state index < -0.39 is 17.1 Å². The van der Waals surface area contributed by atoms with Crippen molar-refractivity contribution in [3.8, 4) is 5.75 Å². The van der Waals surface area contributed by atoms with Gasteiger partial charge in [0.1, 0.15) is 11.6 Å². The predicted molar refractivity (Wildman–Crippen MR) is 166 cm³/mol. The molecule has 1 amide bonds. The Balaban J connectivity index is 0.000000892. The van der Waals surface area contributed by atoms with Gasteiger partial charge in [0.05, 0.1) is 17.3 Å². The normalized spacial score (nSPS) is 27.0. The van der Waals surface area contributed by atoms with Crippen molar-refractivity contribution in [2.45, 2.75) is 35.8 Å². The van der Waals surface area contributed by atoms with E-state index in [2.05, 4.69) is 53.8 Å². The van der Waals surface area contributed by atoms with Crippen LogP contribution in [-0.2, 0) is 10.2 Å². The number of anilines is 2. The van der Waals surface area contributed by atoms with Gasteiger partial charge in [0.15, 0.2) is 5.72 Å². The van der Waals surface area contributed by atoms with E-state index in [9.17, 15) is 4.79 Å². The number of halogens is 1. The Morgan fingerprint density at radius 2 is 1.63 bits per heavy atom. The number of carbonyl (C=O) groups is 1. The highest BCUT2D eigenvalue weighted by atomic mass is 19.1. The minimum Gasteiger partial charge on any atom is -0.466 e. The largest absolute Gasteiger partial charge is 0.466 e. The number of hydrogen-bond donors (Lipinski definition) is 2. The Bertz CT molecular complexity index is 1930. The number of fused-ring (bicyclic) bond motifs is 9. The Labute approximate surface area is 249 Å². The summed E-state index contributed by atoms with van der Waals surface area (Å²) in [5, 5.41) is 13.6. The van der Waals surface area contributed by atoms with E-state index >= 15 is 4.39 Å². The molecule has 3 heterocycles. The summed E-state index contributed by atoms with van der Waals surface area (Å²) in [4.78, 5) is 16.8. The van der Waals surface area contributed by atoms with Crippen molar-refractivity contribution >= 4 is 28.1 Å². The minimum absolute atomic E-state index is 0.0191. The summed E-state index contributed by atoms with van der Waals surface area (Å²) in [5.41, 5.74) is 3.66. The maximum Gasteiger partial charge on any atom is 0.238 e. The van der Waals surface area contributed by atoms with Gasteiger partial charge in [0, 0.05) is 36.5 Å². The second-order valence-electron chi connectivity index (χ2n) is 11.8. The molecular weight excluding hydrogens is 539 g/mol. The molecule has 5 atom stereocenters. The topological polar surface area (TPSA) is 61.8 Å². The zero-order valence-electron chi connectivity index (χ0n) is 23.9. The number of nitrogens with zero attached hydrogens (tertiary/aromatic N) is 1. The first-order valence-electron chi connectivity index (χ1n) is 14.8. The standard InChI is InChI=1S/C35H25FN2O2.C2H6O/c1-38-27-14-8-7-13-25(27)34(33(38)39)30(21-10-3-2-4-11-21)31-29-23-12-6-5-9-20(23)15-18-28(29)40-35(31)32(34)24-19-22(36)16-17-26(24)37-35;1-2-3/h2-19,30-32,37H,1H3;3H,2H2,1H3/t30-,31-,32-,34-,35-;/m1./s1. The second kappa shape index (κ2) is 9.16. The van der Waals surface area contributed by atoms with Crippen LogP contribution in [0.2, 0.25) is 0 Å². The van der Waals surface area contributed by atoms with Crippen LogP contribution in [0.4, 0.5) is 15.8 Å². The molecular formula is C37H31FN2O3. The van der Waals surface area contributed by atoms with Gasteiger partial charge in [-0.25, -0.2) is 4.39 Å². The van der Waals surface area contributed by atoms with E-state index in [-0.39, 0.29) is 30.2 Å². The van der Waals surface area contributed by atoms with Gasteiger partial charge in [-0.15, -0.1) is 0 Å². The summed E-state index contributed by atoms with van der Waals surface area (Å²) in [6.07, 6.45) is 0. The van der Waals surface area contributed by atoms with Crippen molar-refractivity contribution in [1.82, 2.24) is 0 Å². The summed E-state index contributed by atoms with van der Waals surface area (Å²) in [7, 11) is 1.86. The Hall–Kier alpha value is -4.68. The molecule has 6 heteroatoms. The minimum atomic E-state index is -1.02. The number of hydrogen-bond acceptors (Lipinski definition) is 4. The average molecular weight is 571 g/mol. The SMILES string of the molecule is CCO.CN1C(=O)[C@]2(c3ccccc31)[C@H](c1ccccc1)[C@H]1c3c(ccc4ccccc34)O[C@]13Nc1ccc(F)cc1[C@@H]32. The van der Waals surface area contributed by atoms with Gasteiger partial charge >= 0.3 is 0 Å². The molecule has 214 valence electrons. The first-order chi connectivity index (χ1) is 21.0. The lowest BCUT2D eigenvalue weighted by molar-refractivity contribution is -0.124. The quantitative estimate of drug-likeness (QED) is 0.226. The molecule has 1 aliphatic carbocycles. The number of likely N-dealkylation sites (N-methyl/N-ethyl adjacent to an activating group) is 1. The van der Waals surface area contributed by atoms with Crippen LogP contribution in [-0.4, -0.2) is 30.4 Å². The molecule has 3 aliphatic heterocycles. The van der Waals surface area contributed by atoms with Crippen LogP contribution in [0.25, 0.3) is 10.8 Å². The van der Waals surface area contributed by atoms with Crippen LogP contribution < -0.4 is 15.0 Å². The van der Waals surface area contributed by atoms with E-state index in [1.54, 1.807) is 24.0 Å². The lowest BCUT2D eigenvalue weighted by Crippen LogP contribution is -2.50. The molecule has 1 saturated carbocycles. The van der Waals surface area contributed by atoms with Crippen LogP contribution in [0.15, 0.2) is 109 Å². The molecule has 1 fully saturated rings. The molecule has 5 nitrogen and oxygen atoms in total. The number of ether oxygens (including phenoxy) is 1. The van der Waals surface area contributed by atoms with Crippen LogP contribution in [0.5, 0.6) is 5.75 Å². The molecule has 4 aliphatic rings. The fourth-order valence-corrected chi connectivity index (χ4v) is 8.64. The fourth-order valence-electron chi connectivity index (χ4n) is 8.64. The molecule has 2 spiro atoms. The van der Waals surface area contributed by atoms with Crippen molar-refractivity contribution in [2.24, 2.45) is 0 Å². The maximum absolute atomic E-state index is 15.0. The summed E-state index contributed by atoms with van der Waals surface area (Å²) >= 11 is 0. The average Bonchev–Trinajstić information content (AvgIpc) is 3.67. The third-order valence-electron chi connectivity index (χ3n) is 9.87. The van der Waals surface area contributed by atoms with Crippen LogP contribution >= 0.6 is 0 Å². The van der Waals surface area contributed by atoms with E-state index in [1.807, 2.05) is 49.5 Å². The van der Waals surface area contributed by atoms with Crippen molar-refractivity contribution in [3.63, 3.8) is 0 Å². The first kappa shape index (κ1) is 26.0. The van der Waals surface area contributed by atoms with Crippen LogP contribution in [0.1, 0.15) is 46.9 Å². The summed E-state index contributed by atoms with van der Waals surface area (Å²) < 4.78 is 22.1. The van der Waals surface area contributed by atoms with E-state index in [4.69, 9.17) is 9.84 Å². The van der Waals surface area contributed by atoms with Crippen LogP contribution in [0.3, 0.4) is 0 Å². The van der Waals surface area contributed by atoms with Gasteiger partial charge in [-0.05, 0) is 64.7 Å². The van der Waals surface area contributed by atoms with Crippen molar-refractivity contribution < 1.29 is 19.0 Å². The molecule has 0 aromatic heterocycles. The Morgan fingerprint density at radius 1 is 0.907 bits per heavy atom. The fraction of sp³-hybridized carbons (Fsp3) is 0.216. The third-order valence-corrected chi connectivity index (χ3v) is 9.87. The van der Waals surface area contributed by atoms with Gasteiger partial charge in [0.25, 0.3) is 0 Å². The first-order valence-corrected chi connectivity index (χ1v) is 14.8. The number of carbonyl (C=O) groups excluding carboxylic acids is 1. The van der Waals surface area contributed by atoms with Crippen molar-refractivity contribution in [1.29, 1.82) is 0 Å².